The number of rotatable bonds is 5. The minimum atomic E-state index is 0.114. The van der Waals surface area contributed by atoms with Crippen LogP contribution in [-0.2, 0) is 0 Å². The van der Waals surface area contributed by atoms with E-state index in [0.29, 0.717) is 11.8 Å². The molecule has 0 bridgehead atoms. The molecule has 3 unspecified atom stereocenters. The monoisotopic (exact) mass is 376 g/mol. The van der Waals surface area contributed by atoms with Gasteiger partial charge < -0.3 is 15.0 Å². The second-order valence-electron chi connectivity index (χ2n) is 7.53. The summed E-state index contributed by atoms with van der Waals surface area (Å²) >= 11 is 0. The minimum Gasteiger partial charge on any atom is -0.497 e. The summed E-state index contributed by atoms with van der Waals surface area (Å²) < 4.78 is 5.30. The van der Waals surface area contributed by atoms with Crippen LogP contribution in [0.5, 0.6) is 5.75 Å². The molecule has 3 atom stereocenters. The van der Waals surface area contributed by atoms with E-state index >= 15 is 0 Å². The highest BCUT2D eigenvalue weighted by molar-refractivity contribution is 5.95. The molecule has 1 aliphatic carbocycles. The molecule has 1 N–H and O–H groups in total. The van der Waals surface area contributed by atoms with Crippen molar-refractivity contribution in [2.24, 2.45) is 5.92 Å². The van der Waals surface area contributed by atoms with Crippen LogP contribution in [0, 0.1) is 5.92 Å². The number of carbonyl (C=O) groups excluding carboxylic acids is 1. The Morgan fingerprint density at radius 1 is 1.14 bits per heavy atom. The first-order valence-electron chi connectivity index (χ1n) is 10.2. The Morgan fingerprint density at radius 3 is 2.57 bits per heavy atom. The van der Waals surface area contributed by atoms with Gasteiger partial charge in [0.2, 0.25) is 0 Å². The van der Waals surface area contributed by atoms with Gasteiger partial charge in [-0.3, -0.25) is 4.79 Å². The van der Waals surface area contributed by atoms with Crippen LogP contribution in [0.2, 0.25) is 0 Å². The summed E-state index contributed by atoms with van der Waals surface area (Å²) in [6.07, 6.45) is 5.63. The molecule has 1 heterocycles. The van der Waals surface area contributed by atoms with Gasteiger partial charge in [-0.15, -0.1) is 0 Å². The summed E-state index contributed by atoms with van der Waals surface area (Å²) in [5.41, 5.74) is 4.42. The number of benzene rings is 2. The number of amides is 1. The van der Waals surface area contributed by atoms with Gasteiger partial charge >= 0.3 is 0 Å². The molecule has 28 heavy (non-hydrogen) atoms. The van der Waals surface area contributed by atoms with Crippen LogP contribution >= 0.6 is 0 Å². The standard InChI is InChI=1S/C24H28N2O2/c1-4-26(5-2)24(27)17-11-14-22-21(15-17)19-7-6-8-20(19)23(25-22)16-9-12-18(28-3)13-10-16/h6-7,9-15,19-20,23,25H,4-5,8H2,1-3H3. The SMILES string of the molecule is CCN(CC)C(=O)c1ccc2c(c1)C1C=CCC1C(c1ccc(OC)cc1)N2. The molecule has 1 amide bonds. The van der Waals surface area contributed by atoms with Crippen LogP contribution < -0.4 is 10.1 Å². The Morgan fingerprint density at radius 2 is 1.89 bits per heavy atom. The summed E-state index contributed by atoms with van der Waals surface area (Å²) in [6, 6.07) is 14.7. The Bertz CT molecular complexity index is 884. The average molecular weight is 377 g/mol. The lowest BCUT2D eigenvalue weighted by Gasteiger charge is -2.38. The van der Waals surface area contributed by atoms with Crippen molar-refractivity contribution in [2.45, 2.75) is 32.2 Å². The number of allylic oxidation sites excluding steroid dienone is 2. The van der Waals surface area contributed by atoms with Crippen LogP contribution in [0.1, 0.15) is 53.7 Å². The quantitative estimate of drug-likeness (QED) is 0.747. The molecular weight excluding hydrogens is 348 g/mol. The lowest BCUT2D eigenvalue weighted by atomic mass is 9.76. The third kappa shape index (κ3) is 3.17. The molecule has 4 heteroatoms. The number of methoxy groups -OCH3 is 1. The van der Waals surface area contributed by atoms with Gasteiger partial charge in [0.05, 0.1) is 13.2 Å². The highest BCUT2D eigenvalue weighted by atomic mass is 16.5. The van der Waals surface area contributed by atoms with Crippen LogP contribution in [0.25, 0.3) is 0 Å². The molecular formula is C24H28N2O2. The van der Waals surface area contributed by atoms with Gasteiger partial charge in [0, 0.05) is 30.3 Å². The van der Waals surface area contributed by atoms with E-state index in [0.717, 1.165) is 36.5 Å². The lowest BCUT2D eigenvalue weighted by molar-refractivity contribution is 0.0773. The van der Waals surface area contributed by atoms with Crippen LogP contribution in [0.4, 0.5) is 5.69 Å². The van der Waals surface area contributed by atoms with E-state index in [1.165, 1.54) is 11.1 Å². The third-order valence-electron chi connectivity index (χ3n) is 6.14. The second kappa shape index (κ2) is 7.70. The van der Waals surface area contributed by atoms with Crippen molar-refractivity contribution >= 4 is 11.6 Å². The highest BCUT2D eigenvalue weighted by Gasteiger charge is 2.38. The number of anilines is 1. The largest absolute Gasteiger partial charge is 0.497 e. The first-order chi connectivity index (χ1) is 13.7. The van der Waals surface area contributed by atoms with Gasteiger partial charge in [-0.05, 0) is 67.6 Å². The fraction of sp³-hybridized carbons (Fsp3) is 0.375. The summed E-state index contributed by atoms with van der Waals surface area (Å²) in [5, 5.41) is 3.74. The molecule has 1 aliphatic heterocycles. The Balaban J connectivity index is 1.67. The molecule has 4 nitrogen and oxygen atoms in total. The molecule has 0 spiro atoms. The number of nitrogens with one attached hydrogen (secondary N) is 1. The zero-order valence-electron chi connectivity index (χ0n) is 16.8. The predicted octanol–water partition coefficient (Wildman–Crippen LogP) is 5.00. The van der Waals surface area contributed by atoms with Crippen LogP contribution in [-0.4, -0.2) is 31.0 Å². The van der Waals surface area contributed by atoms with Crippen molar-refractivity contribution in [1.82, 2.24) is 4.90 Å². The molecule has 146 valence electrons. The Labute approximate surface area is 167 Å². The first kappa shape index (κ1) is 18.6. The van der Waals surface area contributed by atoms with E-state index in [-0.39, 0.29) is 11.9 Å². The Kier molecular flexibility index (Phi) is 5.12. The predicted molar refractivity (Wildman–Crippen MR) is 113 cm³/mol. The molecule has 0 aromatic heterocycles. The molecule has 0 fully saturated rings. The van der Waals surface area contributed by atoms with E-state index < -0.39 is 0 Å². The van der Waals surface area contributed by atoms with Gasteiger partial charge in [-0.1, -0.05) is 24.3 Å². The Hall–Kier alpha value is -2.75. The van der Waals surface area contributed by atoms with Crippen molar-refractivity contribution < 1.29 is 9.53 Å². The van der Waals surface area contributed by atoms with E-state index in [9.17, 15) is 4.79 Å². The van der Waals surface area contributed by atoms with Crippen molar-refractivity contribution in [1.29, 1.82) is 0 Å². The lowest BCUT2D eigenvalue weighted by Crippen LogP contribution is -2.32. The highest BCUT2D eigenvalue weighted by Crippen LogP contribution is 2.50. The van der Waals surface area contributed by atoms with Crippen molar-refractivity contribution in [3.8, 4) is 5.75 Å². The van der Waals surface area contributed by atoms with Crippen molar-refractivity contribution in [3.63, 3.8) is 0 Å². The summed E-state index contributed by atoms with van der Waals surface area (Å²) in [5.74, 6) is 1.79. The molecule has 0 saturated carbocycles. The maximum atomic E-state index is 12.8. The number of carbonyl (C=O) groups is 1. The minimum absolute atomic E-state index is 0.114. The smallest absolute Gasteiger partial charge is 0.253 e. The number of nitrogens with zero attached hydrogens (tertiary/aromatic N) is 1. The van der Waals surface area contributed by atoms with Crippen LogP contribution in [0.15, 0.2) is 54.6 Å². The van der Waals surface area contributed by atoms with Gasteiger partial charge in [0.1, 0.15) is 5.75 Å². The second-order valence-corrected chi connectivity index (χ2v) is 7.53. The van der Waals surface area contributed by atoms with Crippen LogP contribution in [0.3, 0.4) is 0 Å². The van der Waals surface area contributed by atoms with E-state index in [1.807, 2.05) is 36.9 Å². The average Bonchev–Trinajstić information content (AvgIpc) is 3.24. The summed E-state index contributed by atoms with van der Waals surface area (Å²) in [7, 11) is 1.69. The number of ether oxygens (including phenoxy) is 1. The zero-order chi connectivity index (χ0) is 19.7. The van der Waals surface area contributed by atoms with Gasteiger partial charge in [-0.25, -0.2) is 0 Å². The number of hydrogen-bond acceptors (Lipinski definition) is 3. The van der Waals surface area contributed by atoms with Gasteiger partial charge in [0.15, 0.2) is 0 Å². The van der Waals surface area contributed by atoms with Gasteiger partial charge in [0.25, 0.3) is 5.91 Å². The van der Waals surface area contributed by atoms with Crippen molar-refractivity contribution in [2.75, 3.05) is 25.5 Å². The topological polar surface area (TPSA) is 41.6 Å². The third-order valence-corrected chi connectivity index (χ3v) is 6.14. The fourth-order valence-electron chi connectivity index (χ4n) is 4.56. The van der Waals surface area contributed by atoms with Crippen molar-refractivity contribution in [3.05, 3.63) is 71.3 Å². The number of fused-ring (bicyclic) bond motifs is 3. The fourth-order valence-corrected chi connectivity index (χ4v) is 4.56. The first-order valence-corrected chi connectivity index (χ1v) is 10.2. The molecule has 2 aliphatic rings. The van der Waals surface area contributed by atoms with Gasteiger partial charge in [-0.2, -0.15) is 0 Å². The molecule has 4 rings (SSSR count). The van der Waals surface area contributed by atoms with E-state index in [4.69, 9.17) is 4.74 Å². The molecule has 0 saturated heterocycles. The molecule has 2 aromatic rings. The maximum absolute atomic E-state index is 12.8. The van der Waals surface area contributed by atoms with E-state index in [2.05, 4.69) is 41.7 Å². The number of hydrogen-bond donors (Lipinski definition) is 1. The normalized spacial score (nSPS) is 22.2. The summed E-state index contributed by atoms with van der Waals surface area (Å²) in [4.78, 5) is 14.7. The summed E-state index contributed by atoms with van der Waals surface area (Å²) in [6.45, 7) is 5.51. The van der Waals surface area contributed by atoms with E-state index in [1.54, 1.807) is 7.11 Å². The zero-order valence-corrected chi connectivity index (χ0v) is 16.8. The molecule has 2 aromatic carbocycles. The molecule has 0 radical (unpaired) electrons. The maximum Gasteiger partial charge on any atom is 0.253 e.